The average molecular weight is 278 g/mol. The number of hydrogen-bond acceptors (Lipinski definition) is 2. The number of halogens is 1. The maximum Gasteiger partial charge on any atom is 0.0976 e. The summed E-state index contributed by atoms with van der Waals surface area (Å²) in [6.07, 6.45) is 6.41. The van der Waals surface area contributed by atoms with Gasteiger partial charge in [0, 0.05) is 5.02 Å². The summed E-state index contributed by atoms with van der Waals surface area (Å²) >= 11 is 5.98. The SMILES string of the molecule is N#CC1(C(O)c2cccc(Cl)c2)CCCCCCC1. The highest BCUT2D eigenvalue weighted by Crippen LogP contribution is 2.44. The Morgan fingerprint density at radius 2 is 1.79 bits per heavy atom. The van der Waals surface area contributed by atoms with E-state index in [1.54, 1.807) is 12.1 Å². The van der Waals surface area contributed by atoms with Gasteiger partial charge in [0.1, 0.15) is 0 Å². The number of rotatable bonds is 2. The molecule has 1 unspecified atom stereocenters. The second-order valence-electron chi connectivity index (χ2n) is 5.49. The smallest absolute Gasteiger partial charge is 0.0976 e. The summed E-state index contributed by atoms with van der Waals surface area (Å²) < 4.78 is 0. The van der Waals surface area contributed by atoms with Crippen molar-refractivity contribution in [1.29, 1.82) is 5.26 Å². The molecular weight excluding hydrogens is 258 g/mol. The molecule has 0 amide bonds. The van der Waals surface area contributed by atoms with Crippen molar-refractivity contribution < 1.29 is 5.11 Å². The molecule has 0 aromatic heterocycles. The lowest BCUT2D eigenvalue weighted by molar-refractivity contribution is 0.0434. The number of nitrogens with zero attached hydrogens (tertiary/aromatic N) is 1. The second-order valence-corrected chi connectivity index (χ2v) is 5.93. The van der Waals surface area contributed by atoms with Crippen LogP contribution in [0.4, 0.5) is 0 Å². The molecule has 1 N–H and O–H groups in total. The van der Waals surface area contributed by atoms with Crippen molar-refractivity contribution in [1.82, 2.24) is 0 Å². The molecule has 19 heavy (non-hydrogen) atoms. The molecule has 0 spiro atoms. The molecule has 102 valence electrons. The Morgan fingerprint density at radius 3 is 2.37 bits per heavy atom. The van der Waals surface area contributed by atoms with E-state index in [1.165, 1.54) is 6.42 Å². The van der Waals surface area contributed by atoms with Gasteiger partial charge in [-0.3, -0.25) is 0 Å². The van der Waals surface area contributed by atoms with Gasteiger partial charge in [0.15, 0.2) is 0 Å². The first kappa shape index (κ1) is 14.4. The van der Waals surface area contributed by atoms with Crippen LogP contribution < -0.4 is 0 Å². The molecule has 0 saturated heterocycles. The number of benzene rings is 1. The first-order chi connectivity index (χ1) is 9.18. The molecule has 1 aromatic carbocycles. The summed E-state index contributed by atoms with van der Waals surface area (Å²) in [4.78, 5) is 0. The van der Waals surface area contributed by atoms with Crippen molar-refractivity contribution in [3.05, 3.63) is 34.9 Å². The molecule has 2 nitrogen and oxygen atoms in total. The average Bonchev–Trinajstić information content (AvgIpc) is 2.39. The van der Waals surface area contributed by atoms with E-state index in [0.29, 0.717) is 5.02 Å². The Kier molecular flexibility index (Phi) is 4.85. The molecule has 1 aliphatic rings. The molecule has 1 aromatic rings. The first-order valence-electron chi connectivity index (χ1n) is 7.03. The molecule has 0 radical (unpaired) electrons. The lowest BCUT2D eigenvalue weighted by atomic mass is 9.71. The first-order valence-corrected chi connectivity index (χ1v) is 7.40. The Morgan fingerprint density at radius 1 is 1.16 bits per heavy atom. The minimum absolute atomic E-state index is 0.607. The van der Waals surface area contributed by atoms with Crippen molar-refractivity contribution in [2.75, 3.05) is 0 Å². The Balaban J connectivity index is 2.26. The monoisotopic (exact) mass is 277 g/mol. The van der Waals surface area contributed by atoms with Crippen LogP contribution in [0, 0.1) is 16.7 Å². The predicted octanol–water partition coefficient (Wildman–Crippen LogP) is 4.63. The maximum atomic E-state index is 10.7. The fourth-order valence-electron chi connectivity index (χ4n) is 2.98. The van der Waals surface area contributed by atoms with Crippen LogP contribution in [0.2, 0.25) is 5.02 Å². The van der Waals surface area contributed by atoms with Gasteiger partial charge in [-0.25, -0.2) is 0 Å². The molecule has 1 fully saturated rings. The van der Waals surface area contributed by atoms with E-state index < -0.39 is 11.5 Å². The summed E-state index contributed by atoms with van der Waals surface area (Å²) in [5, 5.41) is 20.9. The van der Waals surface area contributed by atoms with E-state index in [9.17, 15) is 10.4 Å². The molecule has 1 atom stereocenters. The minimum atomic E-state index is -0.741. The van der Waals surface area contributed by atoms with E-state index in [0.717, 1.165) is 44.1 Å². The van der Waals surface area contributed by atoms with Gasteiger partial charge in [-0.1, -0.05) is 55.8 Å². The lowest BCUT2D eigenvalue weighted by Gasteiger charge is -2.33. The van der Waals surface area contributed by atoms with Crippen LogP contribution in [-0.2, 0) is 0 Å². The third-order valence-corrected chi connectivity index (χ3v) is 4.39. The van der Waals surface area contributed by atoms with E-state index in [1.807, 2.05) is 12.1 Å². The quantitative estimate of drug-likeness (QED) is 0.857. The minimum Gasteiger partial charge on any atom is -0.387 e. The van der Waals surface area contributed by atoms with Crippen molar-refractivity contribution in [2.24, 2.45) is 5.41 Å². The highest BCUT2D eigenvalue weighted by molar-refractivity contribution is 6.30. The maximum absolute atomic E-state index is 10.7. The third-order valence-electron chi connectivity index (χ3n) is 4.16. The van der Waals surface area contributed by atoms with Gasteiger partial charge in [-0.15, -0.1) is 0 Å². The molecule has 1 saturated carbocycles. The van der Waals surface area contributed by atoms with Gasteiger partial charge >= 0.3 is 0 Å². The number of aliphatic hydroxyl groups excluding tert-OH is 1. The van der Waals surface area contributed by atoms with Crippen LogP contribution in [0.25, 0.3) is 0 Å². The summed E-state index contributed by atoms with van der Waals surface area (Å²) in [6.45, 7) is 0. The second kappa shape index (κ2) is 6.41. The van der Waals surface area contributed by atoms with E-state index in [2.05, 4.69) is 6.07 Å². The summed E-state index contributed by atoms with van der Waals surface area (Å²) in [5.41, 5.74) is 0.111. The van der Waals surface area contributed by atoms with Gasteiger partial charge in [-0.05, 0) is 30.5 Å². The largest absolute Gasteiger partial charge is 0.387 e. The Labute approximate surface area is 120 Å². The molecular formula is C16H20ClNO. The van der Waals surface area contributed by atoms with Crippen LogP contribution in [0.3, 0.4) is 0 Å². The van der Waals surface area contributed by atoms with Gasteiger partial charge in [0.2, 0.25) is 0 Å². The summed E-state index contributed by atoms with van der Waals surface area (Å²) in [6, 6.07) is 9.65. The number of hydrogen-bond donors (Lipinski definition) is 1. The van der Waals surface area contributed by atoms with Gasteiger partial charge in [0.25, 0.3) is 0 Å². The standard InChI is InChI=1S/C16H20ClNO/c17-14-8-6-7-13(11-14)15(19)16(12-18)9-4-2-1-3-5-10-16/h6-8,11,15,19H,1-5,9-10H2. The number of nitriles is 1. The van der Waals surface area contributed by atoms with E-state index >= 15 is 0 Å². The van der Waals surface area contributed by atoms with Crippen LogP contribution in [-0.4, -0.2) is 5.11 Å². The predicted molar refractivity (Wildman–Crippen MR) is 76.8 cm³/mol. The van der Waals surface area contributed by atoms with Crippen LogP contribution in [0.5, 0.6) is 0 Å². The van der Waals surface area contributed by atoms with Crippen molar-refractivity contribution >= 4 is 11.6 Å². The highest BCUT2D eigenvalue weighted by atomic mass is 35.5. The van der Waals surface area contributed by atoms with Crippen molar-refractivity contribution in [3.63, 3.8) is 0 Å². The molecule has 1 aliphatic carbocycles. The fourth-order valence-corrected chi connectivity index (χ4v) is 3.18. The van der Waals surface area contributed by atoms with Crippen LogP contribution in [0.15, 0.2) is 24.3 Å². The third kappa shape index (κ3) is 3.29. The van der Waals surface area contributed by atoms with E-state index in [-0.39, 0.29) is 0 Å². The van der Waals surface area contributed by atoms with Gasteiger partial charge in [0.05, 0.1) is 17.6 Å². The van der Waals surface area contributed by atoms with Crippen molar-refractivity contribution in [2.45, 2.75) is 51.0 Å². The summed E-state index contributed by atoms with van der Waals surface area (Å²) in [7, 11) is 0. The zero-order valence-corrected chi connectivity index (χ0v) is 11.9. The molecule has 3 heteroatoms. The molecule has 0 bridgehead atoms. The van der Waals surface area contributed by atoms with E-state index in [4.69, 9.17) is 11.6 Å². The molecule has 0 heterocycles. The Hall–Kier alpha value is -1.04. The van der Waals surface area contributed by atoms with Crippen LogP contribution >= 0.6 is 11.6 Å². The fraction of sp³-hybridized carbons (Fsp3) is 0.562. The zero-order chi connectivity index (χ0) is 13.7. The van der Waals surface area contributed by atoms with Crippen molar-refractivity contribution in [3.8, 4) is 6.07 Å². The topological polar surface area (TPSA) is 44.0 Å². The normalized spacial score (nSPS) is 20.9. The Bertz CT molecular complexity index is 458. The van der Waals surface area contributed by atoms with Gasteiger partial charge in [-0.2, -0.15) is 5.26 Å². The number of aliphatic hydroxyl groups is 1. The summed E-state index contributed by atoms with van der Waals surface area (Å²) in [5.74, 6) is 0. The highest BCUT2D eigenvalue weighted by Gasteiger charge is 2.38. The van der Waals surface area contributed by atoms with Crippen LogP contribution in [0.1, 0.15) is 56.6 Å². The zero-order valence-electron chi connectivity index (χ0n) is 11.1. The molecule has 0 aliphatic heterocycles. The van der Waals surface area contributed by atoms with Gasteiger partial charge < -0.3 is 5.11 Å². The molecule has 2 rings (SSSR count). The lowest BCUT2D eigenvalue weighted by Crippen LogP contribution is -2.28.